The predicted octanol–water partition coefficient (Wildman–Crippen LogP) is 2.88. The molecule has 1 fully saturated rings. The lowest BCUT2D eigenvalue weighted by Crippen LogP contribution is -2.36. The largest absolute Gasteiger partial charge is 0.368 e. The lowest BCUT2D eigenvalue weighted by molar-refractivity contribution is 0.420. The third kappa shape index (κ3) is 2.14. The maximum absolute atomic E-state index is 5.76. The number of hydrogen-bond donors (Lipinski definition) is 1. The molecule has 2 nitrogen and oxygen atoms in total. The van der Waals surface area contributed by atoms with Crippen LogP contribution in [-0.4, -0.2) is 19.1 Å². The Morgan fingerprint density at radius 1 is 1.17 bits per heavy atom. The molecule has 98 valence electrons. The van der Waals surface area contributed by atoms with E-state index in [9.17, 15) is 0 Å². The van der Waals surface area contributed by atoms with Crippen molar-refractivity contribution in [3.63, 3.8) is 0 Å². The van der Waals surface area contributed by atoms with Crippen molar-refractivity contribution >= 4 is 5.69 Å². The van der Waals surface area contributed by atoms with Crippen LogP contribution in [0.25, 0.3) is 0 Å². The van der Waals surface area contributed by atoms with Crippen molar-refractivity contribution in [3.05, 3.63) is 29.3 Å². The van der Waals surface area contributed by atoms with Gasteiger partial charge in [-0.25, -0.2) is 0 Å². The number of rotatable bonds is 3. The number of para-hydroxylation sites is 1. The monoisotopic (exact) mass is 244 g/mol. The van der Waals surface area contributed by atoms with E-state index in [0.717, 1.165) is 19.0 Å². The summed E-state index contributed by atoms with van der Waals surface area (Å²) in [6, 6.07) is 7.57. The number of anilines is 1. The molecule has 0 spiro atoms. The first-order valence-electron chi connectivity index (χ1n) is 7.47. The summed E-state index contributed by atoms with van der Waals surface area (Å²) in [4.78, 5) is 2.69. The summed E-state index contributed by atoms with van der Waals surface area (Å²) in [5.74, 6) is 0. The van der Waals surface area contributed by atoms with Gasteiger partial charge in [-0.1, -0.05) is 37.5 Å². The molecule has 1 aromatic rings. The number of nitrogens with two attached hydrogens (primary N) is 1. The molecule has 0 atom stereocenters. The topological polar surface area (TPSA) is 29.3 Å². The summed E-state index contributed by atoms with van der Waals surface area (Å²) in [5, 5.41) is 0. The highest BCUT2D eigenvalue weighted by Crippen LogP contribution is 2.37. The molecule has 0 radical (unpaired) electrons. The van der Waals surface area contributed by atoms with Crippen molar-refractivity contribution in [3.8, 4) is 0 Å². The van der Waals surface area contributed by atoms with Crippen LogP contribution in [0.3, 0.4) is 0 Å². The molecule has 2 heteroatoms. The fraction of sp³-hybridized carbons (Fsp3) is 0.625. The molecule has 0 bridgehead atoms. The summed E-state index contributed by atoms with van der Waals surface area (Å²) < 4.78 is 0. The van der Waals surface area contributed by atoms with E-state index in [-0.39, 0.29) is 0 Å². The summed E-state index contributed by atoms with van der Waals surface area (Å²) in [7, 11) is 0. The van der Waals surface area contributed by atoms with E-state index >= 15 is 0 Å². The van der Waals surface area contributed by atoms with E-state index < -0.39 is 0 Å². The van der Waals surface area contributed by atoms with E-state index in [1.807, 2.05) is 0 Å². The van der Waals surface area contributed by atoms with Crippen molar-refractivity contribution in [1.29, 1.82) is 0 Å². The molecule has 1 aromatic carbocycles. The fourth-order valence-electron chi connectivity index (χ4n) is 3.68. The lowest BCUT2D eigenvalue weighted by atomic mass is 9.93. The normalized spacial score (nSPS) is 20.2. The first-order chi connectivity index (χ1) is 8.90. The first kappa shape index (κ1) is 12.0. The second-order valence-corrected chi connectivity index (χ2v) is 5.70. The Labute approximate surface area is 110 Å². The Hall–Kier alpha value is -1.02. The lowest BCUT2D eigenvalue weighted by Gasteiger charge is -2.34. The van der Waals surface area contributed by atoms with E-state index in [1.165, 1.54) is 56.3 Å². The van der Waals surface area contributed by atoms with E-state index in [2.05, 4.69) is 23.1 Å². The van der Waals surface area contributed by atoms with Crippen LogP contribution in [0.1, 0.15) is 43.2 Å². The van der Waals surface area contributed by atoms with Crippen LogP contribution in [0.5, 0.6) is 0 Å². The Bertz CT molecular complexity index is 408. The van der Waals surface area contributed by atoms with E-state index in [4.69, 9.17) is 5.73 Å². The highest BCUT2D eigenvalue weighted by molar-refractivity contribution is 5.64. The molecule has 3 rings (SSSR count). The average Bonchev–Trinajstić information content (AvgIpc) is 2.85. The minimum Gasteiger partial charge on any atom is -0.368 e. The Morgan fingerprint density at radius 2 is 2.00 bits per heavy atom. The molecule has 0 saturated heterocycles. The van der Waals surface area contributed by atoms with Gasteiger partial charge in [-0.15, -0.1) is 0 Å². The highest BCUT2D eigenvalue weighted by Gasteiger charge is 2.28. The quantitative estimate of drug-likeness (QED) is 0.886. The number of benzene rings is 1. The van der Waals surface area contributed by atoms with Gasteiger partial charge in [0.2, 0.25) is 0 Å². The van der Waals surface area contributed by atoms with Gasteiger partial charge < -0.3 is 10.6 Å². The summed E-state index contributed by atoms with van der Waals surface area (Å²) in [5.41, 5.74) is 10.3. The number of fused-ring (bicyclic) bond motifs is 1. The standard InChI is InChI=1S/C16H24N2/c17-11-9-13-5-4-6-14-10-12-18(16(13)14)15-7-2-1-3-8-15/h4-6,15H,1-3,7-12,17H2. The van der Waals surface area contributed by atoms with Gasteiger partial charge in [0.05, 0.1) is 0 Å². The fourth-order valence-corrected chi connectivity index (χ4v) is 3.68. The van der Waals surface area contributed by atoms with Gasteiger partial charge in [-0.05, 0) is 43.4 Å². The molecule has 1 aliphatic heterocycles. The van der Waals surface area contributed by atoms with Gasteiger partial charge in [0.1, 0.15) is 0 Å². The second kappa shape index (κ2) is 5.31. The SMILES string of the molecule is NCCc1cccc2c1N(C1CCCCC1)CC2. The minimum absolute atomic E-state index is 0.759. The van der Waals surface area contributed by atoms with Crippen molar-refractivity contribution in [2.75, 3.05) is 18.0 Å². The molecular weight excluding hydrogens is 220 g/mol. The van der Waals surface area contributed by atoms with Gasteiger partial charge >= 0.3 is 0 Å². The molecule has 2 aliphatic rings. The maximum atomic E-state index is 5.76. The van der Waals surface area contributed by atoms with E-state index in [1.54, 1.807) is 5.56 Å². The van der Waals surface area contributed by atoms with Crippen LogP contribution in [0, 0.1) is 0 Å². The molecule has 1 saturated carbocycles. The smallest absolute Gasteiger partial charge is 0.0435 e. The first-order valence-corrected chi connectivity index (χ1v) is 7.47. The second-order valence-electron chi connectivity index (χ2n) is 5.70. The summed E-state index contributed by atoms with van der Waals surface area (Å²) >= 11 is 0. The zero-order chi connectivity index (χ0) is 12.4. The molecule has 2 N–H and O–H groups in total. The highest BCUT2D eigenvalue weighted by atomic mass is 15.2. The van der Waals surface area contributed by atoms with Gasteiger partial charge in [-0.2, -0.15) is 0 Å². The van der Waals surface area contributed by atoms with Crippen molar-refractivity contribution in [2.24, 2.45) is 5.73 Å². The third-order valence-corrected chi connectivity index (χ3v) is 4.54. The van der Waals surface area contributed by atoms with E-state index in [0.29, 0.717) is 0 Å². The third-order valence-electron chi connectivity index (χ3n) is 4.54. The van der Waals surface area contributed by atoms with Crippen molar-refractivity contribution in [2.45, 2.75) is 51.0 Å². The molecule has 1 heterocycles. The average molecular weight is 244 g/mol. The van der Waals surface area contributed by atoms with Crippen molar-refractivity contribution < 1.29 is 0 Å². The number of hydrogen-bond acceptors (Lipinski definition) is 2. The Morgan fingerprint density at radius 3 is 2.78 bits per heavy atom. The van der Waals surface area contributed by atoms with Crippen LogP contribution in [0.2, 0.25) is 0 Å². The van der Waals surface area contributed by atoms with Crippen LogP contribution >= 0.6 is 0 Å². The summed E-state index contributed by atoms with van der Waals surface area (Å²) in [6.07, 6.45) is 9.27. The molecule has 0 unspecified atom stereocenters. The van der Waals surface area contributed by atoms with Crippen molar-refractivity contribution in [1.82, 2.24) is 0 Å². The molecule has 1 aliphatic carbocycles. The van der Waals surface area contributed by atoms with Crippen LogP contribution in [-0.2, 0) is 12.8 Å². The van der Waals surface area contributed by atoms with Gasteiger partial charge in [-0.3, -0.25) is 0 Å². The van der Waals surface area contributed by atoms with Gasteiger partial charge in [0.25, 0.3) is 0 Å². The zero-order valence-corrected chi connectivity index (χ0v) is 11.2. The maximum Gasteiger partial charge on any atom is 0.0435 e. The predicted molar refractivity (Wildman–Crippen MR) is 77.1 cm³/mol. The Kier molecular flexibility index (Phi) is 3.55. The molecule has 0 aromatic heterocycles. The van der Waals surface area contributed by atoms with Crippen LogP contribution < -0.4 is 10.6 Å². The summed E-state index contributed by atoms with van der Waals surface area (Å²) in [6.45, 7) is 1.98. The molecular formula is C16H24N2. The van der Waals surface area contributed by atoms with Gasteiger partial charge in [0, 0.05) is 18.3 Å². The van der Waals surface area contributed by atoms with Crippen LogP contribution in [0.15, 0.2) is 18.2 Å². The number of nitrogens with zero attached hydrogens (tertiary/aromatic N) is 1. The molecule has 0 amide bonds. The van der Waals surface area contributed by atoms with Crippen LogP contribution in [0.4, 0.5) is 5.69 Å². The Balaban J connectivity index is 1.88. The molecule has 18 heavy (non-hydrogen) atoms. The zero-order valence-electron chi connectivity index (χ0n) is 11.2. The minimum atomic E-state index is 0.759. The van der Waals surface area contributed by atoms with Gasteiger partial charge in [0.15, 0.2) is 0 Å².